The fourth-order valence-corrected chi connectivity index (χ4v) is 3.98. The number of carboxylic acids is 1. The zero-order valence-electron chi connectivity index (χ0n) is 28.4. The summed E-state index contributed by atoms with van der Waals surface area (Å²) in [6, 6.07) is -0.983. The summed E-state index contributed by atoms with van der Waals surface area (Å²) in [7, 11) is 0. The first-order chi connectivity index (χ1) is 20.2. The Labute approximate surface area is 263 Å². The number of carboxylic acid groups (broad SMARTS) is 1. The number of hydrogen-bond donors (Lipinski definition) is 4. The molecule has 4 N–H and O–H groups in total. The second-order valence-corrected chi connectivity index (χ2v) is 13.8. The summed E-state index contributed by atoms with van der Waals surface area (Å²) in [4.78, 5) is 62.3. The molecule has 0 rings (SSSR count). The van der Waals surface area contributed by atoms with Crippen LogP contribution in [0.25, 0.3) is 0 Å². The molecule has 0 aromatic heterocycles. The average Bonchev–Trinajstić information content (AvgIpc) is 2.82. The standard InChI is InChI=1S/C31H58N4O9/c1-29(2,3)42-26(39)32-19-15-12-10-11-13-17-21-35(22-24(36)37)25(38)23(34-28(41)44-31(7,8)9)18-14-16-20-33-27(40)43-30(4,5)6/h23H,10-22H2,1-9H3,(H,32,39)(H,33,40)(H,34,41)(H,36,37)/t23-/m0/s1. The largest absolute Gasteiger partial charge is 0.480 e. The Morgan fingerprint density at radius 1 is 0.614 bits per heavy atom. The summed E-state index contributed by atoms with van der Waals surface area (Å²) in [6.07, 6.45) is 4.45. The minimum Gasteiger partial charge on any atom is -0.480 e. The highest BCUT2D eigenvalue weighted by molar-refractivity contribution is 5.88. The van der Waals surface area contributed by atoms with Gasteiger partial charge in [0.2, 0.25) is 5.91 Å². The molecule has 0 aliphatic rings. The first-order valence-corrected chi connectivity index (χ1v) is 15.6. The van der Waals surface area contributed by atoms with Gasteiger partial charge in [-0.3, -0.25) is 9.59 Å². The molecule has 0 fully saturated rings. The normalized spacial score (nSPS) is 12.5. The van der Waals surface area contributed by atoms with E-state index in [1.165, 1.54) is 4.90 Å². The van der Waals surface area contributed by atoms with E-state index in [1.807, 2.05) is 20.8 Å². The molecule has 0 radical (unpaired) electrons. The minimum absolute atomic E-state index is 0.234. The third kappa shape index (κ3) is 24.2. The molecule has 0 saturated carbocycles. The summed E-state index contributed by atoms with van der Waals surface area (Å²) in [5.41, 5.74) is -1.93. The van der Waals surface area contributed by atoms with Crippen LogP contribution in [0.2, 0.25) is 0 Å². The molecule has 0 aromatic carbocycles. The second-order valence-electron chi connectivity index (χ2n) is 13.8. The molecule has 0 aromatic rings. The molecular formula is C31H58N4O9. The van der Waals surface area contributed by atoms with E-state index in [0.29, 0.717) is 32.4 Å². The molecule has 0 bridgehead atoms. The number of amides is 4. The van der Waals surface area contributed by atoms with Crippen molar-refractivity contribution < 1.29 is 43.3 Å². The van der Waals surface area contributed by atoms with E-state index in [1.54, 1.807) is 41.5 Å². The number of rotatable bonds is 18. The van der Waals surface area contributed by atoms with Gasteiger partial charge in [-0.2, -0.15) is 0 Å². The molecular weight excluding hydrogens is 572 g/mol. The van der Waals surface area contributed by atoms with Crippen LogP contribution < -0.4 is 16.0 Å². The molecule has 1 atom stereocenters. The van der Waals surface area contributed by atoms with Gasteiger partial charge in [0, 0.05) is 19.6 Å². The van der Waals surface area contributed by atoms with Crippen LogP contribution >= 0.6 is 0 Å². The van der Waals surface area contributed by atoms with Gasteiger partial charge in [0.1, 0.15) is 29.4 Å². The Kier molecular flexibility index (Phi) is 18.4. The van der Waals surface area contributed by atoms with E-state index >= 15 is 0 Å². The maximum absolute atomic E-state index is 13.4. The van der Waals surface area contributed by atoms with E-state index in [9.17, 15) is 29.1 Å². The van der Waals surface area contributed by atoms with Gasteiger partial charge < -0.3 is 40.2 Å². The highest BCUT2D eigenvalue weighted by Crippen LogP contribution is 2.13. The van der Waals surface area contributed by atoms with Crippen LogP contribution in [-0.4, -0.2) is 89.2 Å². The van der Waals surface area contributed by atoms with Crippen molar-refractivity contribution in [3.05, 3.63) is 0 Å². The van der Waals surface area contributed by atoms with Gasteiger partial charge in [0.05, 0.1) is 0 Å². The predicted octanol–water partition coefficient (Wildman–Crippen LogP) is 5.35. The predicted molar refractivity (Wildman–Crippen MR) is 167 cm³/mol. The highest BCUT2D eigenvalue weighted by atomic mass is 16.6. The van der Waals surface area contributed by atoms with Crippen molar-refractivity contribution in [3.63, 3.8) is 0 Å². The molecule has 256 valence electrons. The van der Waals surface area contributed by atoms with Crippen molar-refractivity contribution >= 4 is 30.2 Å². The number of carbonyl (C=O) groups is 5. The molecule has 0 unspecified atom stereocenters. The average molecular weight is 631 g/mol. The molecule has 0 aliphatic carbocycles. The number of unbranched alkanes of at least 4 members (excludes halogenated alkanes) is 6. The fourth-order valence-electron chi connectivity index (χ4n) is 3.98. The zero-order valence-corrected chi connectivity index (χ0v) is 28.4. The zero-order chi connectivity index (χ0) is 34.0. The second kappa shape index (κ2) is 19.9. The van der Waals surface area contributed by atoms with Crippen LogP contribution in [-0.2, 0) is 23.8 Å². The summed E-state index contributed by atoms with van der Waals surface area (Å²) >= 11 is 0. The summed E-state index contributed by atoms with van der Waals surface area (Å²) in [5.74, 6) is -1.64. The van der Waals surface area contributed by atoms with Gasteiger partial charge in [0.25, 0.3) is 0 Å². The Hall–Kier alpha value is -3.25. The molecule has 44 heavy (non-hydrogen) atoms. The van der Waals surface area contributed by atoms with Crippen molar-refractivity contribution in [2.75, 3.05) is 26.2 Å². The van der Waals surface area contributed by atoms with Gasteiger partial charge in [-0.05, 0) is 94.4 Å². The van der Waals surface area contributed by atoms with E-state index in [-0.39, 0.29) is 13.0 Å². The minimum atomic E-state index is -1.14. The van der Waals surface area contributed by atoms with Crippen molar-refractivity contribution in [1.82, 2.24) is 20.9 Å². The first kappa shape index (κ1) is 40.8. The van der Waals surface area contributed by atoms with E-state index in [2.05, 4.69) is 16.0 Å². The van der Waals surface area contributed by atoms with Gasteiger partial charge in [-0.1, -0.05) is 25.7 Å². The third-order valence-electron chi connectivity index (χ3n) is 5.74. The fraction of sp³-hybridized carbons (Fsp3) is 0.839. The van der Waals surface area contributed by atoms with Crippen molar-refractivity contribution in [3.8, 4) is 0 Å². The van der Waals surface area contributed by atoms with Gasteiger partial charge in [0.15, 0.2) is 0 Å². The Morgan fingerprint density at radius 2 is 1.02 bits per heavy atom. The monoisotopic (exact) mass is 630 g/mol. The number of carbonyl (C=O) groups excluding carboxylic acids is 4. The number of hydrogen-bond acceptors (Lipinski definition) is 8. The van der Waals surface area contributed by atoms with Crippen LogP contribution in [0.4, 0.5) is 14.4 Å². The molecule has 13 heteroatoms. The van der Waals surface area contributed by atoms with Gasteiger partial charge in [-0.25, -0.2) is 14.4 Å². The van der Waals surface area contributed by atoms with Crippen LogP contribution in [0.5, 0.6) is 0 Å². The van der Waals surface area contributed by atoms with Crippen LogP contribution in [0.1, 0.15) is 120 Å². The van der Waals surface area contributed by atoms with Crippen LogP contribution in [0.3, 0.4) is 0 Å². The lowest BCUT2D eigenvalue weighted by Gasteiger charge is -2.28. The van der Waals surface area contributed by atoms with E-state index in [4.69, 9.17) is 14.2 Å². The Balaban J connectivity index is 4.89. The number of ether oxygens (including phenoxy) is 3. The van der Waals surface area contributed by atoms with Crippen LogP contribution in [0.15, 0.2) is 0 Å². The van der Waals surface area contributed by atoms with Crippen LogP contribution in [0, 0.1) is 0 Å². The molecule has 0 saturated heterocycles. The highest BCUT2D eigenvalue weighted by Gasteiger charge is 2.29. The lowest BCUT2D eigenvalue weighted by Crippen LogP contribution is -2.51. The molecule has 13 nitrogen and oxygen atoms in total. The SMILES string of the molecule is CC(C)(C)OC(=O)NCCCCCCCCN(CC(=O)O)C(=O)[C@H](CCCCNC(=O)OC(C)(C)C)NC(=O)OC(C)(C)C. The van der Waals surface area contributed by atoms with E-state index < -0.39 is 59.5 Å². The smallest absolute Gasteiger partial charge is 0.408 e. The summed E-state index contributed by atoms with van der Waals surface area (Å²) < 4.78 is 15.8. The lowest BCUT2D eigenvalue weighted by molar-refractivity contribution is -0.145. The number of nitrogens with zero attached hydrogens (tertiary/aromatic N) is 1. The first-order valence-electron chi connectivity index (χ1n) is 15.6. The Bertz CT molecular complexity index is 905. The molecule has 0 aliphatic heterocycles. The lowest BCUT2D eigenvalue weighted by atomic mass is 10.1. The van der Waals surface area contributed by atoms with Crippen molar-refractivity contribution in [2.45, 2.75) is 143 Å². The molecule has 4 amide bonds. The quantitative estimate of drug-likeness (QED) is 0.115. The maximum atomic E-state index is 13.4. The Morgan fingerprint density at radius 3 is 1.48 bits per heavy atom. The molecule has 0 spiro atoms. The number of nitrogens with one attached hydrogen (secondary N) is 3. The summed E-state index contributed by atoms with van der Waals surface area (Å²) in [6.45, 7) is 16.4. The third-order valence-corrected chi connectivity index (χ3v) is 5.74. The molecule has 0 heterocycles. The van der Waals surface area contributed by atoms with Gasteiger partial charge >= 0.3 is 24.2 Å². The number of alkyl carbamates (subject to hydrolysis) is 3. The summed E-state index contributed by atoms with van der Waals surface area (Å²) in [5, 5.41) is 17.5. The topological polar surface area (TPSA) is 173 Å². The maximum Gasteiger partial charge on any atom is 0.408 e. The van der Waals surface area contributed by atoms with E-state index in [0.717, 1.165) is 32.1 Å². The van der Waals surface area contributed by atoms with Crippen molar-refractivity contribution in [2.24, 2.45) is 0 Å². The van der Waals surface area contributed by atoms with Crippen molar-refractivity contribution in [1.29, 1.82) is 0 Å². The van der Waals surface area contributed by atoms with Gasteiger partial charge in [-0.15, -0.1) is 0 Å². The number of aliphatic carboxylic acids is 1.